The third-order valence-corrected chi connectivity index (χ3v) is 4.63. The predicted octanol–water partition coefficient (Wildman–Crippen LogP) is 6.48. The van der Waals surface area contributed by atoms with E-state index in [1.165, 1.54) is 12.1 Å². The van der Waals surface area contributed by atoms with Crippen LogP contribution >= 0.6 is 15.9 Å². The lowest BCUT2D eigenvalue weighted by Crippen LogP contribution is -2.15. The van der Waals surface area contributed by atoms with E-state index < -0.39 is 11.7 Å². The molecule has 144 valence electrons. The van der Waals surface area contributed by atoms with Gasteiger partial charge in [0.2, 0.25) is 0 Å². The van der Waals surface area contributed by atoms with Gasteiger partial charge in [0.15, 0.2) is 0 Å². The maximum absolute atomic E-state index is 13.1. The Morgan fingerprint density at radius 3 is 2.36 bits per heavy atom. The van der Waals surface area contributed by atoms with Crippen molar-refractivity contribution in [2.45, 2.75) is 12.8 Å². The molecule has 2 N–H and O–H groups in total. The Morgan fingerprint density at radius 1 is 0.964 bits per heavy atom. The number of hydrogen-bond donors (Lipinski definition) is 2. The third-order valence-electron chi connectivity index (χ3n) is 3.93. The Bertz CT molecular complexity index is 975. The molecule has 28 heavy (non-hydrogen) atoms. The summed E-state index contributed by atoms with van der Waals surface area (Å²) in [4.78, 5) is 0. The number of hydrogen-bond acceptors (Lipinski definition) is 2. The molecule has 0 aliphatic heterocycles. The monoisotopic (exact) mass is 448 g/mol. The summed E-state index contributed by atoms with van der Waals surface area (Å²) in [6, 6.07) is 20.2. The van der Waals surface area contributed by atoms with Gasteiger partial charge in [0.1, 0.15) is 18.2 Å². The zero-order chi connectivity index (χ0) is 20.1. The van der Waals surface area contributed by atoms with Crippen molar-refractivity contribution in [3.8, 4) is 5.75 Å². The molecule has 7 heteroatoms. The minimum absolute atomic E-state index is 0.0522. The molecular weight excluding hydrogens is 433 g/mol. The van der Waals surface area contributed by atoms with Gasteiger partial charge in [0.05, 0.1) is 11.1 Å². The zero-order valence-corrected chi connectivity index (χ0v) is 16.1. The maximum Gasteiger partial charge on any atom is 0.417 e. The quantitative estimate of drug-likeness (QED) is 0.346. The summed E-state index contributed by atoms with van der Waals surface area (Å²) in [5, 5.41) is 11.0. The second-order valence-electron chi connectivity index (χ2n) is 5.96. The van der Waals surface area contributed by atoms with Gasteiger partial charge in [-0.05, 0) is 35.9 Å². The normalized spacial score (nSPS) is 11.1. The highest BCUT2D eigenvalue weighted by molar-refractivity contribution is 9.10. The molecule has 3 aromatic rings. The van der Waals surface area contributed by atoms with Crippen LogP contribution in [0.25, 0.3) is 0 Å². The second-order valence-corrected chi connectivity index (χ2v) is 6.82. The number of halogens is 4. The molecule has 0 fully saturated rings. The van der Waals surface area contributed by atoms with Gasteiger partial charge in [0, 0.05) is 10.2 Å². The first kappa shape index (κ1) is 19.9. The van der Waals surface area contributed by atoms with E-state index in [9.17, 15) is 13.2 Å². The van der Waals surface area contributed by atoms with Crippen molar-refractivity contribution in [3.05, 3.63) is 94.0 Å². The van der Waals surface area contributed by atoms with Gasteiger partial charge in [-0.2, -0.15) is 13.2 Å². The van der Waals surface area contributed by atoms with Crippen LogP contribution < -0.4 is 10.1 Å². The summed E-state index contributed by atoms with van der Waals surface area (Å²) in [7, 11) is 0. The SMILES string of the molecule is N=C(Nc1ccc(Br)c(C(F)(F)F)c1)c1ccccc1OCc1ccccc1. The van der Waals surface area contributed by atoms with E-state index >= 15 is 0 Å². The van der Waals surface area contributed by atoms with Crippen LogP contribution in [0, 0.1) is 5.41 Å². The molecule has 0 unspecified atom stereocenters. The average molecular weight is 449 g/mol. The van der Waals surface area contributed by atoms with Gasteiger partial charge in [-0.15, -0.1) is 0 Å². The van der Waals surface area contributed by atoms with Crippen molar-refractivity contribution >= 4 is 27.5 Å². The van der Waals surface area contributed by atoms with Gasteiger partial charge in [-0.1, -0.05) is 58.4 Å². The fourth-order valence-corrected chi connectivity index (χ4v) is 3.04. The Morgan fingerprint density at radius 2 is 1.64 bits per heavy atom. The summed E-state index contributed by atoms with van der Waals surface area (Å²) in [6.45, 7) is 0.321. The van der Waals surface area contributed by atoms with Crippen molar-refractivity contribution in [3.63, 3.8) is 0 Å². The molecule has 3 nitrogen and oxygen atoms in total. The van der Waals surface area contributed by atoms with E-state index in [4.69, 9.17) is 10.1 Å². The first-order valence-electron chi connectivity index (χ1n) is 8.33. The van der Waals surface area contributed by atoms with Crippen LogP contribution in [-0.4, -0.2) is 5.84 Å². The number of amidine groups is 1. The molecule has 0 saturated carbocycles. The fraction of sp³-hybridized carbons (Fsp3) is 0.0952. The van der Waals surface area contributed by atoms with Crippen LogP contribution in [0.3, 0.4) is 0 Å². The number of benzene rings is 3. The number of rotatable bonds is 5. The summed E-state index contributed by atoms with van der Waals surface area (Å²) in [5.41, 5.74) is 0.784. The van der Waals surface area contributed by atoms with Crippen LogP contribution in [0.15, 0.2) is 77.3 Å². The number of anilines is 1. The largest absolute Gasteiger partial charge is 0.488 e. The van der Waals surface area contributed by atoms with E-state index in [1.54, 1.807) is 24.3 Å². The van der Waals surface area contributed by atoms with Crippen LogP contribution in [0.1, 0.15) is 16.7 Å². The second kappa shape index (κ2) is 8.48. The van der Waals surface area contributed by atoms with Crippen LogP contribution in [0.5, 0.6) is 5.75 Å². The van der Waals surface area contributed by atoms with E-state index in [1.807, 2.05) is 30.3 Å². The Hall–Kier alpha value is -2.80. The highest BCUT2D eigenvalue weighted by Gasteiger charge is 2.33. The Kier molecular flexibility index (Phi) is 6.04. The lowest BCUT2D eigenvalue weighted by Gasteiger charge is -2.15. The molecular formula is C21H16BrF3N2O. The van der Waals surface area contributed by atoms with Gasteiger partial charge in [-0.3, -0.25) is 5.41 Å². The Labute approximate surface area is 168 Å². The standard InChI is InChI=1S/C21H16BrF3N2O/c22-18-11-10-15(12-17(18)21(23,24)25)27-20(26)16-8-4-5-9-19(16)28-13-14-6-2-1-3-7-14/h1-12H,13H2,(H2,26,27). The number of nitrogens with one attached hydrogen (secondary N) is 2. The lowest BCUT2D eigenvalue weighted by atomic mass is 10.1. The van der Waals surface area contributed by atoms with Crippen LogP contribution in [-0.2, 0) is 12.8 Å². The first-order chi connectivity index (χ1) is 13.3. The molecule has 0 atom stereocenters. The molecule has 0 heterocycles. The minimum Gasteiger partial charge on any atom is -0.488 e. The molecule has 3 aromatic carbocycles. The Balaban J connectivity index is 1.78. The molecule has 0 aromatic heterocycles. The highest BCUT2D eigenvalue weighted by Crippen LogP contribution is 2.36. The van der Waals surface area contributed by atoms with E-state index in [2.05, 4.69) is 21.2 Å². The summed E-state index contributed by atoms with van der Waals surface area (Å²) in [5.74, 6) is 0.413. The molecule has 0 aliphatic carbocycles. The molecule has 0 amide bonds. The number of ether oxygens (including phenoxy) is 1. The van der Waals surface area contributed by atoms with Crippen molar-refractivity contribution in [1.82, 2.24) is 0 Å². The van der Waals surface area contributed by atoms with E-state index in [-0.39, 0.29) is 16.0 Å². The van der Waals surface area contributed by atoms with Gasteiger partial charge in [-0.25, -0.2) is 0 Å². The molecule has 0 saturated heterocycles. The van der Waals surface area contributed by atoms with Crippen molar-refractivity contribution in [2.24, 2.45) is 0 Å². The van der Waals surface area contributed by atoms with Crippen molar-refractivity contribution in [1.29, 1.82) is 5.41 Å². The smallest absolute Gasteiger partial charge is 0.417 e. The van der Waals surface area contributed by atoms with Crippen molar-refractivity contribution in [2.75, 3.05) is 5.32 Å². The molecule has 0 aliphatic rings. The van der Waals surface area contributed by atoms with E-state index in [0.29, 0.717) is 17.9 Å². The predicted molar refractivity (Wildman–Crippen MR) is 107 cm³/mol. The topological polar surface area (TPSA) is 45.1 Å². The zero-order valence-electron chi connectivity index (χ0n) is 14.6. The number of alkyl halides is 3. The van der Waals surface area contributed by atoms with Gasteiger partial charge in [0.25, 0.3) is 0 Å². The maximum atomic E-state index is 13.1. The average Bonchev–Trinajstić information content (AvgIpc) is 2.68. The van der Waals surface area contributed by atoms with Gasteiger partial charge < -0.3 is 10.1 Å². The van der Waals surface area contributed by atoms with Crippen LogP contribution in [0.4, 0.5) is 18.9 Å². The highest BCUT2D eigenvalue weighted by atomic mass is 79.9. The lowest BCUT2D eigenvalue weighted by molar-refractivity contribution is -0.138. The molecule has 3 rings (SSSR count). The fourth-order valence-electron chi connectivity index (χ4n) is 2.57. The molecule has 0 spiro atoms. The molecule has 0 bridgehead atoms. The van der Waals surface area contributed by atoms with E-state index in [0.717, 1.165) is 11.6 Å². The third kappa shape index (κ3) is 4.92. The minimum atomic E-state index is -4.49. The summed E-state index contributed by atoms with van der Waals surface area (Å²) in [6.07, 6.45) is -4.49. The van der Waals surface area contributed by atoms with Crippen LogP contribution in [0.2, 0.25) is 0 Å². The molecule has 0 radical (unpaired) electrons. The van der Waals surface area contributed by atoms with Gasteiger partial charge >= 0.3 is 6.18 Å². The van der Waals surface area contributed by atoms with Crippen molar-refractivity contribution < 1.29 is 17.9 Å². The number of para-hydroxylation sites is 1. The summed E-state index contributed by atoms with van der Waals surface area (Å²) < 4.78 is 45.0. The first-order valence-corrected chi connectivity index (χ1v) is 9.12. The summed E-state index contributed by atoms with van der Waals surface area (Å²) >= 11 is 2.91.